The molecule has 0 atom stereocenters. The number of nitrogens with one attached hydrogen (secondary N) is 1. The number of hydrogen-bond acceptors (Lipinski definition) is 3. The molecule has 0 aliphatic carbocycles. The Bertz CT molecular complexity index is 537. The molecular weight excluding hydrogens is 262 g/mol. The van der Waals surface area contributed by atoms with Gasteiger partial charge >= 0.3 is 0 Å². The molecule has 0 amide bonds. The summed E-state index contributed by atoms with van der Waals surface area (Å²) in [4.78, 5) is 0. The van der Waals surface area contributed by atoms with Gasteiger partial charge in [0.05, 0.1) is 6.61 Å². The summed E-state index contributed by atoms with van der Waals surface area (Å²) in [7, 11) is 0. The maximum atomic E-state index is 5.59. The van der Waals surface area contributed by atoms with E-state index in [1.165, 1.54) is 11.1 Å². The average molecular weight is 285 g/mol. The summed E-state index contributed by atoms with van der Waals surface area (Å²) in [6.07, 6.45) is 0. The Morgan fingerprint density at radius 1 is 1.00 bits per heavy atom. The van der Waals surface area contributed by atoms with Gasteiger partial charge in [0.15, 0.2) is 0 Å². The zero-order valence-electron chi connectivity index (χ0n) is 12.8. The third-order valence-electron chi connectivity index (χ3n) is 3.13. The zero-order valence-corrected chi connectivity index (χ0v) is 12.8. The monoisotopic (exact) mass is 285 g/mol. The summed E-state index contributed by atoms with van der Waals surface area (Å²) in [5.41, 5.74) is 3.66. The Kier molecular flexibility index (Phi) is 6.10. The summed E-state index contributed by atoms with van der Waals surface area (Å²) >= 11 is 0. The van der Waals surface area contributed by atoms with Gasteiger partial charge in [-0.3, -0.25) is 0 Å². The fourth-order valence-corrected chi connectivity index (χ4v) is 2.06. The zero-order chi connectivity index (χ0) is 14.9. The lowest BCUT2D eigenvalue weighted by Gasteiger charge is -2.09. The van der Waals surface area contributed by atoms with E-state index in [-0.39, 0.29) is 0 Å². The van der Waals surface area contributed by atoms with E-state index < -0.39 is 0 Å². The second kappa shape index (κ2) is 8.32. The van der Waals surface area contributed by atoms with Crippen molar-refractivity contribution in [1.29, 1.82) is 0 Å². The summed E-state index contributed by atoms with van der Waals surface area (Å²) < 4.78 is 10.8. The summed E-state index contributed by atoms with van der Waals surface area (Å²) in [5.74, 6) is 0.871. The Hall–Kier alpha value is -2.00. The van der Waals surface area contributed by atoms with Gasteiger partial charge in [0.1, 0.15) is 12.4 Å². The van der Waals surface area contributed by atoms with Crippen LogP contribution in [-0.2, 0) is 11.3 Å². The Morgan fingerprint density at radius 2 is 1.81 bits per heavy atom. The number of hydrogen-bond donors (Lipinski definition) is 1. The highest BCUT2D eigenvalue weighted by Gasteiger charge is 1.97. The van der Waals surface area contributed by atoms with Gasteiger partial charge in [0.25, 0.3) is 0 Å². The van der Waals surface area contributed by atoms with Gasteiger partial charge in [-0.1, -0.05) is 29.8 Å². The van der Waals surface area contributed by atoms with Gasteiger partial charge < -0.3 is 14.8 Å². The van der Waals surface area contributed by atoms with Crippen LogP contribution in [0.1, 0.15) is 18.1 Å². The van der Waals surface area contributed by atoms with Crippen LogP contribution in [0.15, 0.2) is 48.5 Å². The fourth-order valence-electron chi connectivity index (χ4n) is 2.06. The van der Waals surface area contributed by atoms with Crippen LogP contribution < -0.4 is 10.1 Å². The molecule has 2 rings (SSSR count). The molecule has 0 aliphatic heterocycles. The molecule has 3 nitrogen and oxygen atoms in total. The van der Waals surface area contributed by atoms with E-state index in [1.807, 2.05) is 31.2 Å². The highest BCUT2D eigenvalue weighted by molar-refractivity contribution is 5.46. The smallest absolute Gasteiger partial charge is 0.119 e. The normalized spacial score (nSPS) is 10.4. The molecular formula is C18H23NO2. The maximum absolute atomic E-state index is 5.59. The van der Waals surface area contributed by atoms with E-state index in [1.54, 1.807) is 0 Å². The lowest BCUT2D eigenvalue weighted by atomic mass is 10.1. The van der Waals surface area contributed by atoms with E-state index in [0.29, 0.717) is 13.2 Å². The third kappa shape index (κ3) is 5.48. The predicted molar refractivity (Wildman–Crippen MR) is 86.9 cm³/mol. The molecule has 2 aromatic rings. The Labute approximate surface area is 126 Å². The number of anilines is 1. The Balaban J connectivity index is 1.79. The first-order valence-corrected chi connectivity index (χ1v) is 7.38. The van der Waals surface area contributed by atoms with Crippen molar-refractivity contribution in [2.75, 3.05) is 25.1 Å². The lowest BCUT2D eigenvalue weighted by molar-refractivity contribution is 0.110. The van der Waals surface area contributed by atoms with Crippen molar-refractivity contribution in [2.45, 2.75) is 20.4 Å². The van der Waals surface area contributed by atoms with Crippen LogP contribution >= 0.6 is 0 Å². The minimum Gasteiger partial charge on any atom is -0.491 e. The van der Waals surface area contributed by atoms with Gasteiger partial charge in [0.2, 0.25) is 0 Å². The topological polar surface area (TPSA) is 30.5 Å². The molecule has 0 bridgehead atoms. The minimum atomic E-state index is 0.587. The summed E-state index contributed by atoms with van der Waals surface area (Å²) in [6, 6.07) is 16.5. The summed E-state index contributed by atoms with van der Waals surface area (Å²) in [5, 5.41) is 3.41. The van der Waals surface area contributed by atoms with Crippen molar-refractivity contribution in [3.63, 3.8) is 0 Å². The fraction of sp³-hybridized carbons (Fsp3) is 0.333. The number of rotatable bonds is 8. The molecule has 21 heavy (non-hydrogen) atoms. The predicted octanol–water partition coefficient (Wildman–Crippen LogP) is 4.02. The van der Waals surface area contributed by atoms with E-state index in [4.69, 9.17) is 9.47 Å². The molecule has 0 unspecified atom stereocenters. The summed E-state index contributed by atoms with van der Waals surface area (Å²) in [6.45, 7) is 6.86. The van der Waals surface area contributed by atoms with E-state index in [0.717, 1.165) is 24.6 Å². The van der Waals surface area contributed by atoms with E-state index in [9.17, 15) is 0 Å². The molecule has 0 aromatic heterocycles. The number of aryl methyl sites for hydroxylation is 1. The highest BCUT2D eigenvalue weighted by atomic mass is 16.5. The number of ether oxygens (including phenoxy) is 2. The van der Waals surface area contributed by atoms with Crippen LogP contribution in [0.25, 0.3) is 0 Å². The van der Waals surface area contributed by atoms with Crippen molar-refractivity contribution < 1.29 is 9.47 Å². The van der Waals surface area contributed by atoms with Crippen molar-refractivity contribution in [1.82, 2.24) is 0 Å². The van der Waals surface area contributed by atoms with Gasteiger partial charge in [-0.05, 0) is 43.7 Å². The van der Waals surface area contributed by atoms with Gasteiger partial charge in [-0.15, -0.1) is 0 Å². The quantitative estimate of drug-likeness (QED) is 0.743. The van der Waals surface area contributed by atoms with Crippen molar-refractivity contribution in [3.05, 3.63) is 59.7 Å². The molecule has 0 fully saturated rings. The first kappa shape index (κ1) is 15.4. The van der Waals surface area contributed by atoms with Crippen LogP contribution in [0.4, 0.5) is 5.69 Å². The molecule has 0 aliphatic rings. The SMILES string of the molecule is CCOCCOc1ccc(NCc2cccc(C)c2)cc1. The molecule has 3 heteroatoms. The average Bonchev–Trinajstić information content (AvgIpc) is 2.51. The van der Waals surface area contributed by atoms with Crippen LogP contribution in [0.3, 0.4) is 0 Å². The van der Waals surface area contributed by atoms with E-state index >= 15 is 0 Å². The first-order valence-electron chi connectivity index (χ1n) is 7.38. The van der Waals surface area contributed by atoms with E-state index in [2.05, 4.69) is 36.5 Å². The number of benzene rings is 2. The third-order valence-corrected chi connectivity index (χ3v) is 3.13. The van der Waals surface area contributed by atoms with Crippen molar-refractivity contribution in [2.24, 2.45) is 0 Å². The molecule has 112 valence electrons. The maximum Gasteiger partial charge on any atom is 0.119 e. The van der Waals surface area contributed by atoms with Crippen LogP contribution in [0.2, 0.25) is 0 Å². The standard InChI is InChI=1S/C18H23NO2/c1-3-20-11-12-21-18-9-7-17(8-10-18)19-14-16-6-4-5-15(2)13-16/h4-10,13,19H,3,11-12,14H2,1-2H3. The molecule has 0 radical (unpaired) electrons. The first-order chi connectivity index (χ1) is 10.3. The Morgan fingerprint density at radius 3 is 2.52 bits per heavy atom. The van der Waals surface area contributed by atoms with Crippen LogP contribution in [0, 0.1) is 6.92 Å². The van der Waals surface area contributed by atoms with Crippen LogP contribution in [0.5, 0.6) is 5.75 Å². The lowest BCUT2D eigenvalue weighted by Crippen LogP contribution is -2.06. The van der Waals surface area contributed by atoms with Crippen molar-refractivity contribution in [3.8, 4) is 5.75 Å². The van der Waals surface area contributed by atoms with Gasteiger partial charge in [0, 0.05) is 18.8 Å². The second-order valence-corrected chi connectivity index (χ2v) is 4.91. The highest BCUT2D eigenvalue weighted by Crippen LogP contribution is 2.16. The molecule has 2 aromatic carbocycles. The second-order valence-electron chi connectivity index (χ2n) is 4.91. The van der Waals surface area contributed by atoms with Gasteiger partial charge in [-0.2, -0.15) is 0 Å². The van der Waals surface area contributed by atoms with Crippen molar-refractivity contribution >= 4 is 5.69 Å². The molecule has 0 saturated heterocycles. The molecule has 0 heterocycles. The molecule has 0 spiro atoms. The molecule has 0 saturated carbocycles. The largest absolute Gasteiger partial charge is 0.491 e. The molecule has 1 N–H and O–H groups in total. The minimum absolute atomic E-state index is 0.587. The van der Waals surface area contributed by atoms with Crippen LogP contribution in [-0.4, -0.2) is 19.8 Å². The van der Waals surface area contributed by atoms with Gasteiger partial charge in [-0.25, -0.2) is 0 Å².